The summed E-state index contributed by atoms with van der Waals surface area (Å²) >= 11 is 1.53. The lowest BCUT2D eigenvalue weighted by Crippen LogP contribution is -2.35. The molecule has 6 rings (SSSR count). The normalized spacial score (nSPS) is 13.8. The zero-order chi connectivity index (χ0) is 23.6. The summed E-state index contributed by atoms with van der Waals surface area (Å²) in [6.45, 7) is 3.04. The third-order valence-corrected chi connectivity index (χ3v) is 7.19. The molecule has 1 amide bonds. The van der Waals surface area contributed by atoms with E-state index in [9.17, 15) is 4.79 Å². The van der Waals surface area contributed by atoms with Gasteiger partial charge in [0.1, 0.15) is 0 Å². The van der Waals surface area contributed by atoms with Gasteiger partial charge >= 0.3 is 0 Å². The molecule has 4 heterocycles. The second-order valence-corrected chi connectivity index (χ2v) is 9.31. The number of amides is 1. The number of hydrogen-bond donors (Lipinski definition) is 1. The van der Waals surface area contributed by atoms with Crippen LogP contribution >= 0.6 is 11.3 Å². The molecule has 1 fully saturated rings. The van der Waals surface area contributed by atoms with E-state index in [4.69, 9.17) is 4.74 Å². The van der Waals surface area contributed by atoms with Crippen molar-refractivity contribution in [2.75, 3.05) is 36.5 Å². The summed E-state index contributed by atoms with van der Waals surface area (Å²) in [4.78, 5) is 25.0. The molecule has 35 heavy (non-hydrogen) atoms. The Morgan fingerprint density at radius 3 is 2.54 bits per heavy atom. The highest BCUT2D eigenvalue weighted by Crippen LogP contribution is 2.39. The Morgan fingerprint density at radius 1 is 0.971 bits per heavy atom. The van der Waals surface area contributed by atoms with Crippen molar-refractivity contribution in [1.29, 1.82) is 0 Å². The number of imidazole rings is 1. The minimum absolute atomic E-state index is 0.114. The number of nitrogens with one attached hydrogen (secondary N) is 1. The molecule has 7 nitrogen and oxygen atoms in total. The second-order valence-electron chi connectivity index (χ2n) is 8.28. The van der Waals surface area contributed by atoms with E-state index >= 15 is 0 Å². The van der Waals surface area contributed by atoms with Crippen LogP contribution in [-0.2, 0) is 4.74 Å². The van der Waals surface area contributed by atoms with Crippen molar-refractivity contribution < 1.29 is 9.53 Å². The summed E-state index contributed by atoms with van der Waals surface area (Å²) in [6.07, 6.45) is 5.59. The number of carbonyl (C=O) groups excluding carboxylic acids is 1. The number of nitrogens with zero attached hydrogens (tertiary/aromatic N) is 4. The molecule has 1 N–H and O–H groups in total. The fourth-order valence-corrected chi connectivity index (χ4v) is 5.33. The van der Waals surface area contributed by atoms with Crippen LogP contribution in [0.15, 0.2) is 85.3 Å². The van der Waals surface area contributed by atoms with Gasteiger partial charge < -0.3 is 15.0 Å². The Morgan fingerprint density at radius 2 is 1.77 bits per heavy atom. The maximum atomic E-state index is 13.2. The smallest absolute Gasteiger partial charge is 0.265 e. The molecular weight excluding hydrogens is 458 g/mol. The monoisotopic (exact) mass is 481 g/mol. The molecule has 0 spiro atoms. The van der Waals surface area contributed by atoms with Gasteiger partial charge in [0, 0.05) is 48.5 Å². The quantitative estimate of drug-likeness (QED) is 0.373. The van der Waals surface area contributed by atoms with Crippen molar-refractivity contribution in [1.82, 2.24) is 14.4 Å². The Hall–Kier alpha value is -4.01. The van der Waals surface area contributed by atoms with E-state index in [1.54, 1.807) is 6.20 Å². The van der Waals surface area contributed by atoms with E-state index in [2.05, 4.69) is 32.3 Å². The topological polar surface area (TPSA) is 71.8 Å². The van der Waals surface area contributed by atoms with Crippen LogP contribution < -0.4 is 10.2 Å². The minimum Gasteiger partial charge on any atom is -0.378 e. The molecule has 0 radical (unpaired) electrons. The standard InChI is InChI=1S/C27H23N5O2S/c33-25(29-21-9-7-20(8-10-21)23-18-32-12-4-11-28-27(32)30-23)24-17-22(19-5-2-1-3-6-19)26(35-24)31-13-15-34-16-14-31/h1-12,17-18H,13-16H2,(H,29,33). The zero-order valence-corrected chi connectivity index (χ0v) is 19.7. The van der Waals surface area contributed by atoms with Gasteiger partial charge in [-0.15, -0.1) is 11.3 Å². The number of carbonyl (C=O) groups is 1. The van der Waals surface area contributed by atoms with Gasteiger partial charge in [-0.25, -0.2) is 9.97 Å². The Kier molecular flexibility index (Phi) is 5.73. The molecule has 0 aliphatic carbocycles. The molecule has 0 bridgehead atoms. The Balaban J connectivity index is 1.24. The Bertz CT molecular complexity index is 1440. The molecule has 174 valence electrons. The van der Waals surface area contributed by atoms with Crippen LogP contribution in [0.4, 0.5) is 10.7 Å². The van der Waals surface area contributed by atoms with Gasteiger partial charge in [0.15, 0.2) is 0 Å². The SMILES string of the molecule is O=C(Nc1ccc(-c2cn3cccnc3n2)cc1)c1cc(-c2ccccc2)c(N2CCOCC2)s1. The Labute approximate surface area is 206 Å². The number of morpholine rings is 1. The molecular formula is C27H23N5O2S. The summed E-state index contributed by atoms with van der Waals surface area (Å²) in [5, 5.41) is 4.16. The minimum atomic E-state index is -0.114. The largest absolute Gasteiger partial charge is 0.378 e. The second kappa shape index (κ2) is 9.32. The predicted molar refractivity (Wildman–Crippen MR) is 139 cm³/mol. The maximum Gasteiger partial charge on any atom is 0.265 e. The number of fused-ring (bicyclic) bond motifs is 1. The van der Waals surface area contributed by atoms with Crippen molar-refractivity contribution in [3.05, 3.63) is 90.2 Å². The predicted octanol–water partition coefficient (Wildman–Crippen LogP) is 5.21. The molecule has 5 aromatic rings. The van der Waals surface area contributed by atoms with Crippen molar-refractivity contribution >= 4 is 33.7 Å². The highest BCUT2D eigenvalue weighted by atomic mass is 32.1. The third-order valence-electron chi connectivity index (χ3n) is 5.99. The highest BCUT2D eigenvalue weighted by molar-refractivity contribution is 7.18. The van der Waals surface area contributed by atoms with Gasteiger partial charge in [0.05, 0.1) is 28.8 Å². The lowest BCUT2D eigenvalue weighted by Gasteiger charge is -2.28. The molecule has 1 aliphatic heterocycles. The van der Waals surface area contributed by atoms with Crippen LogP contribution in [-0.4, -0.2) is 46.6 Å². The molecule has 2 aromatic carbocycles. The number of ether oxygens (including phenoxy) is 1. The lowest BCUT2D eigenvalue weighted by molar-refractivity contribution is 0.103. The number of thiophene rings is 1. The first-order valence-corrected chi connectivity index (χ1v) is 12.3. The molecule has 0 unspecified atom stereocenters. The number of rotatable bonds is 5. The molecule has 8 heteroatoms. The number of anilines is 2. The van der Waals surface area contributed by atoms with Crippen LogP contribution in [0.5, 0.6) is 0 Å². The van der Waals surface area contributed by atoms with Crippen LogP contribution in [0.25, 0.3) is 28.2 Å². The number of aromatic nitrogens is 3. The van der Waals surface area contributed by atoms with E-state index in [1.165, 1.54) is 11.3 Å². The van der Waals surface area contributed by atoms with Crippen LogP contribution in [0, 0.1) is 0 Å². The van der Waals surface area contributed by atoms with Gasteiger partial charge in [0.25, 0.3) is 5.91 Å². The van der Waals surface area contributed by atoms with Crippen LogP contribution in [0.2, 0.25) is 0 Å². The lowest BCUT2D eigenvalue weighted by atomic mass is 10.1. The van der Waals surface area contributed by atoms with Crippen molar-refractivity contribution in [3.8, 4) is 22.4 Å². The first kappa shape index (κ1) is 21.5. The van der Waals surface area contributed by atoms with E-state index < -0.39 is 0 Å². The first-order valence-electron chi connectivity index (χ1n) is 11.5. The molecule has 0 atom stereocenters. The average Bonchev–Trinajstić information content (AvgIpc) is 3.55. The number of benzene rings is 2. The van der Waals surface area contributed by atoms with Crippen LogP contribution in [0.1, 0.15) is 9.67 Å². The van der Waals surface area contributed by atoms with Gasteiger partial charge in [-0.05, 0) is 29.8 Å². The van der Waals surface area contributed by atoms with Crippen molar-refractivity contribution in [3.63, 3.8) is 0 Å². The summed E-state index contributed by atoms with van der Waals surface area (Å²) in [5.74, 6) is 0.541. The highest BCUT2D eigenvalue weighted by Gasteiger charge is 2.22. The van der Waals surface area contributed by atoms with E-state index in [-0.39, 0.29) is 5.91 Å². The summed E-state index contributed by atoms with van der Waals surface area (Å²) in [7, 11) is 0. The number of hydrogen-bond acceptors (Lipinski definition) is 6. The molecule has 1 saturated heterocycles. The van der Waals surface area contributed by atoms with E-state index in [0.717, 1.165) is 46.2 Å². The van der Waals surface area contributed by atoms with E-state index in [1.807, 2.05) is 71.4 Å². The van der Waals surface area contributed by atoms with E-state index in [0.29, 0.717) is 23.9 Å². The van der Waals surface area contributed by atoms with Gasteiger partial charge in [-0.2, -0.15) is 0 Å². The summed E-state index contributed by atoms with van der Waals surface area (Å²) in [6, 6.07) is 21.8. The maximum absolute atomic E-state index is 13.2. The zero-order valence-electron chi connectivity index (χ0n) is 18.9. The molecule has 3 aromatic heterocycles. The molecule has 1 aliphatic rings. The van der Waals surface area contributed by atoms with Gasteiger partial charge in [0.2, 0.25) is 5.78 Å². The van der Waals surface area contributed by atoms with Gasteiger partial charge in [-0.1, -0.05) is 42.5 Å². The fraction of sp³-hybridized carbons (Fsp3) is 0.148. The molecule has 0 saturated carbocycles. The third kappa shape index (κ3) is 4.41. The fourth-order valence-electron chi connectivity index (χ4n) is 4.21. The summed E-state index contributed by atoms with van der Waals surface area (Å²) in [5.41, 5.74) is 4.73. The van der Waals surface area contributed by atoms with Crippen molar-refractivity contribution in [2.24, 2.45) is 0 Å². The average molecular weight is 482 g/mol. The van der Waals surface area contributed by atoms with Gasteiger partial charge in [-0.3, -0.25) is 9.20 Å². The first-order chi connectivity index (χ1) is 17.2. The summed E-state index contributed by atoms with van der Waals surface area (Å²) < 4.78 is 7.42. The van der Waals surface area contributed by atoms with Crippen molar-refractivity contribution in [2.45, 2.75) is 0 Å². The van der Waals surface area contributed by atoms with Crippen LogP contribution in [0.3, 0.4) is 0 Å².